The first-order valence-corrected chi connectivity index (χ1v) is 17.5. The van der Waals surface area contributed by atoms with Crippen LogP contribution in [-0.4, -0.2) is 44.9 Å². The molecule has 10 heteroatoms. The Balaban J connectivity index is 1.35. The fourth-order valence-corrected chi connectivity index (χ4v) is 10.5. The topological polar surface area (TPSA) is 115 Å². The summed E-state index contributed by atoms with van der Waals surface area (Å²) in [6.07, 6.45) is 10.1. The Morgan fingerprint density at radius 3 is 2.68 bits per heavy atom. The lowest BCUT2D eigenvalue weighted by Crippen LogP contribution is -2.62. The van der Waals surface area contributed by atoms with E-state index in [1.807, 2.05) is 13.2 Å². The molecule has 3 N–H and O–H groups in total. The number of hydrogen-bond donors (Lipinski definition) is 2. The summed E-state index contributed by atoms with van der Waals surface area (Å²) in [6.45, 7) is 4.27. The molecule has 1 aromatic carbocycles. The van der Waals surface area contributed by atoms with Crippen LogP contribution in [-0.2, 0) is 9.53 Å². The summed E-state index contributed by atoms with van der Waals surface area (Å²) in [5.41, 5.74) is 7.23. The number of thioether (sulfide) groups is 2. The Kier molecular flexibility index (Phi) is 8.39. The molecule has 7 nitrogen and oxygen atoms in total. The Morgan fingerprint density at radius 1 is 1.23 bits per heavy atom. The van der Waals surface area contributed by atoms with E-state index in [4.69, 9.17) is 19.9 Å². The van der Waals surface area contributed by atoms with Gasteiger partial charge in [-0.2, -0.15) is 11.8 Å². The van der Waals surface area contributed by atoms with Crippen molar-refractivity contribution in [3.8, 4) is 0 Å². The van der Waals surface area contributed by atoms with Crippen molar-refractivity contribution in [1.29, 1.82) is 0 Å². The van der Waals surface area contributed by atoms with Crippen LogP contribution >= 0.6 is 23.5 Å². The standard InChI is InChI=1S/C34H39FN2O5S2/c1-32-16-20(18-36)26(37-23-9-7-22(35)8-10-23)15-21(32)6-11-24-25-12-13-34(31(40)44-19-43-3,33(25,2)17-27(38)29(24)32)42-30(39)28-5-4-14-41-28/h4-5,7-10,14-15,18,24-25,27,29,38H,6,11-13,16-17,19,36H2,1-3H3/t24-,25?,27?,29?,32-,33-,34-/m0/s1. The van der Waals surface area contributed by atoms with Gasteiger partial charge < -0.3 is 20.0 Å². The number of aliphatic imine (C=N–C) groups is 1. The Labute approximate surface area is 266 Å². The van der Waals surface area contributed by atoms with Gasteiger partial charge in [0.15, 0.2) is 5.60 Å². The number of aliphatic hydroxyl groups is 1. The van der Waals surface area contributed by atoms with Gasteiger partial charge >= 0.3 is 5.97 Å². The third kappa shape index (κ3) is 4.97. The number of carbonyl (C=O) groups is 2. The summed E-state index contributed by atoms with van der Waals surface area (Å²) in [5.74, 6) is -0.750. The second kappa shape index (κ2) is 11.8. The summed E-state index contributed by atoms with van der Waals surface area (Å²) in [7, 11) is 0. The van der Waals surface area contributed by atoms with Gasteiger partial charge in [0.05, 0.1) is 23.8 Å². The fraction of sp³-hybridized carbons (Fsp3) is 0.500. The molecule has 0 amide bonds. The molecular formula is C34H39FN2O5S2. The molecule has 2 aromatic rings. The van der Waals surface area contributed by atoms with Crippen LogP contribution in [0.25, 0.3) is 0 Å². The predicted octanol–water partition coefficient (Wildman–Crippen LogP) is 7.05. The molecule has 4 aliphatic carbocycles. The van der Waals surface area contributed by atoms with Crippen molar-refractivity contribution < 1.29 is 28.2 Å². The first kappa shape index (κ1) is 31.2. The summed E-state index contributed by atoms with van der Waals surface area (Å²) >= 11 is 2.74. The number of fused-ring (bicyclic) bond motifs is 5. The van der Waals surface area contributed by atoms with Crippen molar-refractivity contribution in [2.75, 3.05) is 11.3 Å². The SMILES string of the molecule is CSCSC(=O)[C@@]1(OC(=O)c2ccco2)CCC2[C@@H]3CCC4=CC(=Nc5ccc(F)cc5)C(=CN)C[C@]4(C)C3C(O)C[C@@]21C. The minimum atomic E-state index is -1.37. The third-order valence-corrected chi connectivity index (χ3v) is 12.9. The minimum Gasteiger partial charge on any atom is -0.457 e. The first-order valence-electron chi connectivity index (χ1n) is 15.1. The van der Waals surface area contributed by atoms with Crippen LogP contribution in [0.15, 0.2) is 75.5 Å². The number of allylic oxidation sites excluding steroid dienone is 3. The normalized spacial score (nSPS) is 36.3. The number of halogens is 1. The van der Waals surface area contributed by atoms with Crippen molar-refractivity contribution >= 4 is 46.0 Å². The van der Waals surface area contributed by atoms with E-state index in [0.717, 1.165) is 30.5 Å². The minimum absolute atomic E-state index is 0.0616. The quantitative estimate of drug-likeness (QED) is 0.256. The Morgan fingerprint density at radius 2 is 2.00 bits per heavy atom. The lowest BCUT2D eigenvalue weighted by atomic mass is 9.45. The zero-order valence-corrected chi connectivity index (χ0v) is 26.9. The highest BCUT2D eigenvalue weighted by Gasteiger charge is 2.70. The van der Waals surface area contributed by atoms with E-state index in [-0.39, 0.29) is 39.9 Å². The van der Waals surface area contributed by atoms with Gasteiger partial charge in [-0.05, 0) is 122 Å². The third-order valence-electron chi connectivity index (χ3n) is 10.9. The monoisotopic (exact) mass is 638 g/mol. The van der Waals surface area contributed by atoms with Crippen LogP contribution in [0, 0.1) is 34.4 Å². The van der Waals surface area contributed by atoms with E-state index in [1.165, 1.54) is 35.7 Å². The number of furan rings is 1. The van der Waals surface area contributed by atoms with Gasteiger partial charge in [-0.1, -0.05) is 31.2 Å². The van der Waals surface area contributed by atoms with Gasteiger partial charge in [0.2, 0.25) is 10.9 Å². The van der Waals surface area contributed by atoms with E-state index in [1.54, 1.807) is 42.2 Å². The molecule has 234 valence electrons. The lowest BCUT2D eigenvalue weighted by Gasteiger charge is -2.60. The molecule has 0 spiro atoms. The lowest BCUT2D eigenvalue weighted by molar-refractivity contribution is -0.175. The summed E-state index contributed by atoms with van der Waals surface area (Å²) < 4.78 is 25.1. The molecule has 3 unspecified atom stereocenters. The maximum Gasteiger partial charge on any atom is 0.375 e. The number of nitrogens with zero attached hydrogens (tertiary/aromatic N) is 1. The van der Waals surface area contributed by atoms with Crippen molar-refractivity contribution in [2.45, 2.75) is 64.1 Å². The van der Waals surface area contributed by atoms with Crippen LogP contribution in [0.1, 0.15) is 62.9 Å². The highest BCUT2D eigenvalue weighted by molar-refractivity contribution is 8.23. The van der Waals surface area contributed by atoms with Crippen LogP contribution in [0.5, 0.6) is 0 Å². The number of ether oxygens (including phenoxy) is 1. The number of rotatable bonds is 6. The first-order chi connectivity index (χ1) is 21.1. The predicted molar refractivity (Wildman–Crippen MR) is 172 cm³/mol. The largest absolute Gasteiger partial charge is 0.457 e. The van der Waals surface area contributed by atoms with E-state index in [9.17, 15) is 19.1 Å². The van der Waals surface area contributed by atoms with Gasteiger partial charge in [0.1, 0.15) is 5.82 Å². The summed E-state index contributed by atoms with van der Waals surface area (Å²) in [4.78, 5) is 32.1. The van der Waals surface area contributed by atoms with Gasteiger partial charge in [-0.15, -0.1) is 0 Å². The zero-order chi connectivity index (χ0) is 31.3. The van der Waals surface area contributed by atoms with Gasteiger partial charge in [-0.3, -0.25) is 4.79 Å². The number of hydrogen-bond acceptors (Lipinski definition) is 9. The van der Waals surface area contributed by atoms with Crippen LogP contribution in [0.2, 0.25) is 0 Å². The second-order valence-electron chi connectivity index (χ2n) is 13.0. The van der Waals surface area contributed by atoms with Crippen molar-refractivity contribution in [2.24, 2.45) is 39.3 Å². The summed E-state index contributed by atoms with van der Waals surface area (Å²) in [6, 6.07) is 9.25. The molecule has 0 aliphatic heterocycles. The van der Waals surface area contributed by atoms with Gasteiger partial charge in [-0.25, -0.2) is 14.2 Å². The number of esters is 1. The Hall–Kier alpha value is -2.82. The highest BCUT2D eigenvalue weighted by atomic mass is 32.2. The molecular weight excluding hydrogens is 600 g/mol. The fourth-order valence-electron chi connectivity index (χ4n) is 8.95. The molecule has 6 rings (SSSR count). The van der Waals surface area contributed by atoms with Gasteiger partial charge in [0, 0.05) is 10.5 Å². The number of carbonyl (C=O) groups excluding carboxylic acids is 2. The summed E-state index contributed by atoms with van der Waals surface area (Å²) in [5, 5.41) is 12.5. The van der Waals surface area contributed by atoms with Gasteiger partial charge in [0.25, 0.3) is 0 Å². The molecule has 0 saturated heterocycles. The van der Waals surface area contributed by atoms with Crippen molar-refractivity contribution in [3.63, 3.8) is 0 Å². The van der Waals surface area contributed by atoms with E-state index < -0.39 is 23.1 Å². The number of benzene rings is 1. The molecule has 1 heterocycles. The average Bonchev–Trinajstić information content (AvgIpc) is 3.64. The zero-order valence-electron chi connectivity index (χ0n) is 25.3. The molecule has 44 heavy (non-hydrogen) atoms. The maximum atomic E-state index is 14.0. The Bertz CT molecular complexity index is 1520. The van der Waals surface area contributed by atoms with Crippen LogP contribution in [0.3, 0.4) is 0 Å². The number of aliphatic hydroxyl groups excluding tert-OH is 1. The molecule has 0 bridgehead atoms. The maximum absolute atomic E-state index is 14.0. The van der Waals surface area contributed by atoms with E-state index in [2.05, 4.69) is 13.0 Å². The van der Waals surface area contributed by atoms with Crippen LogP contribution < -0.4 is 5.73 Å². The van der Waals surface area contributed by atoms with E-state index >= 15 is 0 Å². The molecule has 0 radical (unpaired) electrons. The van der Waals surface area contributed by atoms with E-state index in [0.29, 0.717) is 30.0 Å². The molecule has 3 saturated carbocycles. The average molecular weight is 639 g/mol. The van der Waals surface area contributed by atoms with Crippen LogP contribution in [0.4, 0.5) is 10.1 Å². The molecule has 4 aliphatic rings. The smallest absolute Gasteiger partial charge is 0.375 e. The van der Waals surface area contributed by atoms with Crippen molar-refractivity contribution in [1.82, 2.24) is 0 Å². The molecule has 3 fully saturated rings. The number of nitrogens with two attached hydrogens (primary N) is 1. The highest BCUT2D eigenvalue weighted by Crippen LogP contribution is 2.69. The van der Waals surface area contributed by atoms with Crippen molar-refractivity contribution in [3.05, 3.63) is 77.7 Å². The molecule has 7 atom stereocenters. The molecule has 1 aromatic heterocycles. The second-order valence-corrected chi connectivity index (χ2v) is 15.2.